The van der Waals surface area contributed by atoms with E-state index in [1.165, 1.54) is 9.58 Å². The van der Waals surface area contributed by atoms with E-state index in [1.54, 1.807) is 13.1 Å². The van der Waals surface area contributed by atoms with Crippen molar-refractivity contribution in [3.05, 3.63) is 17.5 Å². The molecule has 0 spiro atoms. The Bertz CT molecular complexity index is 495. The number of carbonyl (C=O) groups is 2. The zero-order chi connectivity index (χ0) is 14.0. The van der Waals surface area contributed by atoms with E-state index >= 15 is 0 Å². The van der Waals surface area contributed by atoms with E-state index in [0.717, 1.165) is 25.0 Å². The number of rotatable bonds is 2. The van der Waals surface area contributed by atoms with Gasteiger partial charge in [-0.2, -0.15) is 5.10 Å². The maximum Gasteiger partial charge on any atom is 0.326 e. The van der Waals surface area contributed by atoms with Gasteiger partial charge in [-0.15, -0.1) is 0 Å². The molecule has 1 atom stereocenters. The van der Waals surface area contributed by atoms with Crippen LogP contribution in [0, 0.1) is 6.92 Å². The molecule has 0 bridgehead atoms. The number of nitrogens with zero attached hydrogens (tertiary/aromatic N) is 3. The number of aromatic nitrogens is 2. The number of carboxylic acids is 1. The Labute approximate surface area is 112 Å². The number of aryl methyl sites for hydroxylation is 2. The van der Waals surface area contributed by atoms with Gasteiger partial charge in [0.15, 0.2) is 0 Å². The highest BCUT2D eigenvalue weighted by atomic mass is 16.4. The molecule has 1 saturated heterocycles. The van der Waals surface area contributed by atoms with E-state index in [9.17, 15) is 14.7 Å². The summed E-state index contributed by atoms with van der Waals surface area (Å²) in [6.07, 6.45) is 3.20. The molecule has 0 radical (unpaired) electrons. The molecule has 0 saturated carbocycles. The summed E-state index contributed by atoms with van der Waals surface area (Å²) in [5.41, 5.74) is 1.21. The fourth-order valence-electron chi connectivity index (χ4n) is 2.57. The molecular weight excluding hydrogens is 246 g/mol. The van der Waals surface area contributed by atoms with E-state index in [1.807, 2.05) is 6.92 Å². The van der Waals surface area contributed by atoms with Gasteiger partial charge in [-0.3, -0.25) is 9.48 Å². The minimum Gasteiger partial charge on any atom is -0.480 e. The third kappa shape index (κ3) is 2.77. The lowest BCUT2D eigenvalue weighted by atomic mass is 10.1. The highest BCUT2D eigenvalue weighted by molar-refractivity contribution is 5.95. The van der Waals surface area contributed by atoms with Crippen molar-refractivity contribution in [2.75, 3.05) is 6.54 Å². The van der Waals surface area contributed by atoms with Crippen LogP contribution in [0.3, 0.4) is 0 Å². The molecule has 0 aliphatic carbocycles. The predicted molar refractivity (Wildman–Crippen MR) is 68.9 cm³/mol. The first kappa shape index (κ1) is 13.6. The van der Waals surface area contributed by atoms with Crippen LogP contribution in [0.25, 0.3) is 0 Å². The third-order valence-electron chi connectivity index (χ3n) is 3.52. The number of carbonyl (C=O) groups excluding carboxylic acids is 1. The van der Waals surface area contributed by atoms with Gasteiger partial charge in [0.05, 0.1) is 5.69 Å². The Morgan fingerprint density at radius 3 is 2.68 bits per heavy atom. The van der Waals surface area contributed by atoms with Gasteiger partial charge in [0.1, 0.15) is 11.7 Å². The van der Waals surface area contributed by atoms with Crippen LogP contribution < -0.4 is 0 Å². The van der Waals surface area contributed by atoms with E-state index in [0.29, 0.717) is 18.7 Å². The van der Waals surface area contributed by atoms with Crippen LogP contribution in [0.15, 0.2) is 6.07 Å². The largest absolute Gasteiger partial charge is 0.480 e. The zero-order valence-corrected chi connectivity index (χ0v) is 11.3. The molecule has 19 heavy (non-hydrogen) atoms. The highest BCUT2D eigenvalue weighted by Gasteiger charge is 2.32. The molecule has 0 aromatic carbocycles. The third-order valence-corrected chi connectivity index (χ3v) is 3.52. The number of amides is 1. The molecule has 1 unspecified atom stereocenters. The van der Waals surface area contributed by atoms with E-state index in [2.05, 4.69) is 5.10 Å². The van der Waals surface area contributed by atoms with Gasteiger partial charge >= 0.3 is 5.97 Å². The standard InChI is InChI=1S/C13H19N3O3/c1-9-8-11(15(2)14-9)12(17)16-7-5-3-4-6-10(16)13(18)19/h8,10H,3-7H2,1-2H3,(H,18,19). The normalized spacial score (nSPS) is 20.1. The van der Waals surface area contributed by atoms with Crippen molar-refractivity contribution in [1.82, 2.24) is 14.7 Å². The predicted octanol–water partition coefficient (Wildman–Crippen LogP) is 1.20. The Balaban J connectivity index is 2.28. The number of hydrogen-bond donors (Lipinski definition) is 1. The van der Waals surface area contributed by atoms with Crippen LogP contribution >= 0.6 is 0 Å². The average molecular weight is 265 g/mol. The molecule has 2 heterocycles. The SMILES string of the molecule is Cc1cc(C(=O)N2CCCCCC2C(=O)O)n(C)n1. The van der Waals surface area contributed by atoms with Crippen molar-refractivity contribution in [3.8, 4) is 0 Å². The van der Waals surface area contributed by atoms with Gasteiger partial charge in [0, 0.05) is 13.6 Å². The van der Waals surface area contributed by atoms with Crippen LogP contribution in [0.1, 0.15) is 41.9 Å². The van der Waals surface area contributed by atoms with Crippen LogP contribution in [-0.4, -0.2) is 44.3 Å². The maximum absolute atomic E-state index is 12.5. The number of carboxylic acid groups (broad SMARTS) is 1. The summed E-state index contributed by atoms with van der Waals surface area (Å²) in [6.45, 7) is 2.31. The fourth-order valence-corrected chi connectivity index (χ4v) is 2.57. The second-order valence-electron chi connectivity index (χ2n) is 5.00. The lowest BCUT2D eigenvalue weighted by molar-refractivity contribution is -0.142. The number of hydrogen-bond acceptors (Lipinski definition) is 3. The molecule has 1 aliphatic rings. The first-order chi connectivity index (χ1) is 9.00. The van der Waals surface area contributed by atoms with Gasteiger partial charge in [0.2, 0.25) is 0 Å². The summed E-state index contributed by atoms with van der Waals surface area (Å²) in [6, 6.07) is 0.983. The molecule has 1 amide bonds. The van der Waals surface area contributed by atoms with Gasteiger partial charge in [-0.1, -0.05) is 12.8 Å². The molecule has 104 valence electrons. The summed E-state index contributed by atoms with van der Waals surface area (Å²) in [7, 11) is 1.70. The summed E-state index contributed by atoms with van der Waals surface area (Å²) in [4.78, 5) is 25.3. The van der Waals surface area contributed by atoms with Crippen LogP contribution in [-0.2, 0) is 11.8 Å². The van der Waals surface area contributed by atoms with Crippen molar-refractivity contribution < 1.29 is 14.7 Å². The molecule has 2 rings (SSSR count). The lowest BCUT2D eigenvalue weighted by Crippen LogP contribution is -2.45. The van der Waals surface area contributed by atoms with Crippen molar-refractivity contribution in [1.29, 1.82) is 0 Å². The molecule has 1 aromatic heterocycles. The minimum absolute atomic E-state index is 0.239. The van der Waals surface area contributed by atoms with Crippen molar-refractivity contribution in [2.45, 2.75) is 38.6 Å². The molecule has 6 heteroatoms. The zero-order valence-electron chi connectivity index (χ0n) is 11.3. The summed E-state index contributed by atoms with van der Waals surface area (Å²) in [5.74, 6) is -1.16. The summed E-state index contributed by atoms with van der Waals surface area (Å²) in [5, 5.41) is 13.4. The Morgan fingerprint density at radius 2 is 2.11 bits per heavy atom. The Kier molecular flexibility index (Phi) is 3.87. The van der Waals surface area contributed by atoms with Crippen LogP contribution in [0.5, 0.6) is 0 Å². The van der Waals surface area contributed by atoms with Crippen molar-refractivity contribution >= 4 is 11.9 Å². The number of likely N-dealkylation sites (tertiary alicyclic amines) is 1. The molecule has 1 aliphatic heterocycles. The molecule has 6 nitrogen and oxygen atoms in total. The van der Waals surface area contributed by atoms with Crippen molar-refractivity contribution in [3.63, 3.8) is 0 Å². The molecule has 1 N–H and O–H groups in total. The van der Waals surface area contributed by atoms with Gasteiger partial charge in [-0.25, -0.2) is 4.79 Å². The van der Waals surface area contributed by atoms with E-state index < -0.39 is 12.0 Å². The second kappa shape index (κ2) is 5.42. The average Bonchev–Trinajstić information content (AvgIpc) is 2.57. The molecule has 1 aromatic rings. The highest BCUT2D eigenvalue weighted by Crippen LogP contribution is 2.19. The van der Waals surface area contributed by atoms with E-state index in [-0.39, 0.29) is 5.91 Å². The molecule has 1 fully saturated rings. The van der Waals surface area contributed by atoms with Crippen LogP contribution in [0.2, 0.25) is 0 Å². The monoisotopic (exact) mass is 265 g/mol. The lowest BCUT2D eigenvalue weighted by Gasteiger charge is -2.26. The van der Waals surface area contributed by atoms with Gasteiger partial charge in [-0.05, 0) is 25.8 Å². The minimum atomic E-state index is -0.922. The smallest absolute Gasteiger partial charge is 0.326 e. The topological polar surface area (TPSA) is 75.4 Å². The maximum atomic E-state index is 12.5. The Hall–Kier alpha value is -1.85. The Morgan fingerprint density at radius 1 is 1.37 bits per heavy atom. The second-order valence-corrected chi connectivity index (χ2v) is 5.00. The quantitative estimate of drug-likeness (QED) is 0.871. The summed E-state index contributed by atoms with van der Waals surface area (Å²) >= 11 is 0. The first-order valence-corrected chi connectivity index (χ1v) is 6.55. The fraction of sp³-hybridized carbons (Fsp3) is 0.615. The van der Waals surface area contributed by atoms with E-state index in [4.69, 9.17) is 0 Å². The van der Waals surface area contributed by atoms with Crippen LogP contribution in [0.4, 0.5) is 0 Å². The first-order valence-electron chi connectivity index (χ1n) is 6.55. The number of aliphatic carboxylic acids is 1. The summed E-state index contributed by atoms with van der Waals surface area (Å²) < 4.78 is 1.52. The van der Waals surface area contributed by atoms with Crippen molar-refractivity contribution in [2.24, 2.45) is 7.05 Å². The molecular formula is C13H19N3O3. The van der Waals surface area contributed by atoms with Gasteiger partial charge in [0.25, 0.3) is 5.91 Å². The van der Waals surface area contributed by atoms with Gasteiger partial charge < -0.3 is 10.0 Å².